The van der Waals surface area contributed by atoms with Gasteiger partial charge in [0.15, 0.2) is 5.58 Å². The van der Waals surface area contributed by atoms with E-state index in [1.165, 1.54) is 4.57 Å². The SMILES string of the molecule is Cc1cccc(OCCNC(=O)C(C)n2c(=O)oc3ccccc32)c1. The molecular formula is C19H20N2O4. The third-order valence-corrected chi connectivity index (χ3v) is 3.95. The molecule has 0 radical (unpaired) electrons. The third kappa shape index (κ3) is 3.74. The molecule has 0 bridgehead atoms. The predicted octanol–water partition coefficient (Wildman–Crippen LogP) is 2.66. The smallest absolute Gasteiger partial charge is 0.420 e. The van der Waals surface area contributed by atoms with Crippen LogP contribution in [0.1, 0.15) is 18.5 Å². The average molecular weight is 340 g/mol. The molecule has 1 amide bonds. The Hall–Kier alpha value is -3.02. The molecule has 6 nitrogen and oxygen atoms in total. The summed E-state index contributed by atoms with van der Waals surface area (Å²) in [5.74, 6) is -0.0410. The highest BCUT2D eigenvalue weighted by molar-refractivity contribution is 5.82. The number of carbonyl (C=O) groups is 1. The highest BCUT2D eigenvalue weighted by Crippen LogP contribution is 2.16. The zero-order valence-corrected chi connectivity index (χ0v) is 14.2. The highest BCUT2D eigenvalue weighted by Gasteiger charge is 2.20. The third-order valence-electron chi connectivity index (χ3n) is 3.95. The number of rotatable bonds is 6. The van der Waals surface area contributed by atoms with Crippen LogP contribution in [0.2, 0.25) is 0 Å². The van der Waals surface area contributed by atoms with E-state index < -0.39 is 11.8 Å². The van der Waals surface area contributed by atoms with Gasteiger partial charge >= 0.3 is 5.76 Å². The van der Waals surface area contributed by atoms with E-state index in [1.807, 2.05) is 31.2 Å². The summed E-state index contributed by atoms with van der Waals surface area (Å²) in [7, 11) is 0. The number of oxazole rings is 1. The highest BCUT2D eigenvalue weighted by atomic mass is 16.5. The van der Waals surface area contributed by atoms with Crippen LogP contribution in [0.3, 0.4) is 0 Å². The molecule has 0 spiro atoms. The summed E-state index contributed by atoms with van der Waals surface area (Å²) in [5.41, 5.74) is 2.18. The van der Waals surface area contributed by atoms with Crippen LogP contribution in [-0.4, -0.2) is 23.6 Å². The first-order valence-corrected chi connectivity index (χ1v) is 8.13. The fraction of sp³-hybridized carbons (Fsp3) is 0.263. The molecule has 130 valence electrons. The van der Waals surface area contributed by atoms with E-state index >= 15 is 0 Å². The van der Waals surface area contributed by atoms with Gasteiger partial charge in [-0.1, -0.05) is 24.3 Å². The topological polar surface area (TPSA) is 73.5 Å². The van der Waals surface area contributed by atoms with Crippen molar-refractivity contribution in [1.29, 1.82) is 0 Å². The number of nitrogens with one attached hydrogen (secondary N) is 1. The van der Waals surface area contributed by atoms with E-state index in [-0.39, 0.29) is 5.91 Å². The van der Waals surface area contributed by atoms with Crippen molar-refractivity contribution in [1.82, 2.24) is 9.88 Å². The molecule has 1 unspecified atom stereocenters. The molecule has 1 N–H and O–H groups in total. The second-order valence-electron chi connectivity index (χ2n) is 5.84. The summed E-state index contributed by atoms with van der Waals surface area (Å²) in [5, 5.41) is 2.78. The summed E-state index contributed by atoms with van der Waals surface area (Å²) < 4.78 is 12.1. The average Bonchev–Trinajstić information content (AvgIpc) is 2.93. The molecule has 1 aromatic heterocycles. The van der Waals surface area contributed by atoms with Gasteiger partial charge in [-0.15, -0.1) is 0 Å². The number of fused-ring (bicyclic) bond motifs is 1. The number of aromatic nitrogens is 1. The number of aryl methyl sites for hydroxylation is 1. The van der Waals surface area contributed by atoms with Crippen molar-refractivity contribution in [2.45, 2.75) is 19.9 Å². The van der Waals surface area contributed by atoms with Crippen molar-refractivity contribution < 1.29 is 13.9 Å². The molecule has 0 aliphatic carbocycles. The molecule has 25 heavy (non-hydrogen) atoms. The molecule has 0 aliphatic rings. The van der Waals surface area contributed by atoms with Crippen LogP contribution in [0.4, 0.5) is 0 Å². The molecule has 1 atom stereocenters. The molecule has 2 aromatic carbocycles. The van der Waals surface area contributed by atoms with Gasteiger partial charge in [-0.25, -0.2) is 4.79 Å². The summed E-state index contributed by atoms with van der Waals surface area (Å²) in [6.07, 6.45) is 0. The maximum absolute atomic E-state index is 12.3. The van der Waals surface area contributed by atoms with E-state index in [2.05, 4.69) is 5.32 Å². The van der Waals surface area contributed by atoms with Gasteiger partial charge < -0.3 is 14.5 Å². The second kappa shape index (κ2) is 7.25. The normalized spacial score (nSPS) is 12.1. The molecule has 0 saturated carbocycles. The Kier molecular flexibility index (Phi) is 4.88. The van der Waals surface area contributed by atoms with Crippen LogP contribution in [0.15, 0.2) is 57.7 Å². The molecule has 1 heterocycles. The van der Waals surface area contributed by atoms with Crippen LogP contribution in [0, 0.1) is 6.92 Å². The van der Waals surface area contributed by atoms with Crippen molar-refractivity contribution in [2.75, 3.05) is 13.2 Å². The Balaban J connectivity index is 1.59. The first-order valence-electron chi connectivity index (χ1n) is 8.13. The van der Waals surface area contributed by atoms with Gasteiger partial charge in [0.2, 0.25) is 5.91 Å². The van der Waals surface area contributed by atoms with Gasteiger partial charge in [0.25, 0.3) is 0 Å². The minimum absolute atomic E-state index is 0.263. The molecule has 0 fully saturated rings. The van der Waals surface area contributed by atoms with Crippen molar-refractivity contribution in [2.24, 2.45) is 0 Å². The van der Waals surface area contributed by atoms with Crippen molar-refractivity contribution in [3.63, 3.8) is 0 Å². The summed E-state index contributed by atoms with van der Waals surface area (Å²) in [6.45, 7) is 4.36. The maximum atomic E-state index is 12.3. The van der Waals surface area contributed by atoms with Crippen LogP contribution in [-0.2, 0) is 4.79 Å². The number of ether oxygens (including phenoxy) is 1. The maximum Gasteiger partial charge on any atom is 0.420 e. The minimum Gasteiger partial charge on any atom is -0.492 e. The van der Waals surface area contributed by atoms with Crippen LogP contribution in [0.5, 0.6) is 5.75 Å². The fourth-order valence-corrected chi connectivity index (χ4v) is 2.66. The van der Waals surface area contributed by atoms with E-state index in [0.29, 0.717) is 24.3 Å². The number of nitrogens with zero attached hydrogens (tertiary/aromatic N) is 1. The monoisotopic (exact) mass is 340 g/mol. The number of carbonyl (C=O) groups excluding carboxylic acids is 1. The largest absolute Gasteiger partial charge is 0.492 e. The lowest BCUT2D eigenvalue weighted by Gasteiger charge is -2.13. The number of amides is 1. The Morgan fingerprint density at radius 2 is 2.04 bits per heavy atom. The Morgan fingerprint density at radius 1 is 1.24 bits per heavy atom. The van der Waals surface area contributed by atoms with Crippen molar-refractivity contribution >= 4 is 17.0 Å². The van der Waals surface area contributed by atoms with E-state index in [4.69, 9.17) is 9.15 Å². The first-order chi connectivity index (χ1) is 12.1. The van der Waals surface area contributed by atoms with Crippen LogP contribution in [0.25, 0.3) is 11.1 Å². The van der Waals surface area contributed by atoms with E-state index in [0.717, 1.165) is 11.3 Å². The standard InChI is InChI=1S/C19H20N2O4/c1-13-6-5-7-15(12-13)24-11-10-20-18(22)14(2)21-16-8-3-4-9-17(16)25-19(21)23/h3-9,12,14H,10-11H2,1-2H3,(H,20,22). The number of benzene rings is 2. The lowest BCUT2D eigenvalue weighted by Crippen LogP contribution is -2.36. The molecule has 3 aromatic rings. The molecule has 3 rings (SSSR count). The number of hydrogen-bond acceptors (Lipinski definition) is 4. The quantitative estimate of drug-likeness (QED) is 0.700. The zero-order chi connectivity index (χ0) is 17.8. The van der Waals surface area contributed by atoms with Gasteiger partial charge in [-0.05, 0) is 43.7 Å². The molecule has 6 heteroatoms. The van der Waals surface area contributed by atoms with Gasteiger partial charge in [0.05, 0.1) is 12.1 Å². The predicted molar refractivity (Wildman–Crippen MR) is 94.9 cm³/mol. The number of para-hydroxylation sites is 2. The first kappa shape index (κ1) is 16.8. The van der Waals surface area contributed by atoms with Gasteiger partial charge in [0, 0.05) is 0 Å². The van der Waals surface area contributed by atoms with Gasteiger partial charge in [-0.2, -0.15) is 0 Å². The van der Waals surface area contributed by atoms with Gasteiger partial charge in [0.1, 0.15) is 18.4 Å². The summed E-state index contributed by atoms with van der Waals surface area (Å²) >= 11 is 0. The Morgan fingerprint density at radius 3 is 2.84 bits per heavy atom. The minimum atomic E-state index is -0.671. The van der Waals surface area contributed by atoms with Crippen molar-refractivity contribution in [3.8, 4) is 5.75 Å². The second-order valence-corrected chi connectivity index (χ2v) is 5.84. The summed E-state index contributed by atoms with van der Waals surface area (Å²) in [6, 6.07) is 14.1. The number of hydrogen-bond donors (Lipinski definition) is 1. The van der Waals surface area contributed by atoms with Crippen LogP contribution < -0.4 is 15.8 Å². The summed E-state index contributed by atoms with van der Waals surface area (Å²) in [4.78, 5) is 24.4. The zero-order valence-electron chi connectivity index (χ0n) is 14.2. The van der Waals surface area contributed by atoms with Crippen LogP contribution >= 0.6 is 0 Å². The van der Waals surface area contributed by atoms with Gasteiger partial charge in [-0.3, -0.25) is 9.36 Å². The molecule has 0 saturated heterocycles. The lowest BCUT2D eigenvalue weighted by atomic mass is 10.2. The molecular weight excluding hydrogens is 320 g/mol. The Bertz CT molecular complexity index is 942. The van der Waals surface area contributed by atoms with E-state index in [9.17, 15) is 9.59 Å². The van der Waals surface area contributed by atoms with E-state index in [1.54, 1.807) is 31.2 Å². The molecule has 0 aliphatic heterocycles. The lowest BCUT2D eigenvalue weighted by molar-refractivity contribution is -0.124. The fourth-order valence-electron chi connectivity index (χ4n) is 2.66. The Labute approximate surface area is 145 Å². The van der Waals surface area contributed by atoms with Crippen molar-refractivity contribution in [3.05, 3.63) is 64.6 Å².